The molecule has 4 rings (SSSR count). The lowest BCUT2D eigenvalue weighted by atomic mass is 9.87. The Hall–Kier alpha value is -2.89. The topological polar surface area (TPSA) is 39.7 Å². The zero-order valence-corrected chi connectivity index (χ0v) is 19.7. The van der Waals surface area contributed by atoms with Gasteiger partial charge in [0.15, 0.2) is 0 Å². The number of rotatable bonds is 8. The summed E-state index contributed by atoms with van der Waals surface area (Å²) in [4.78, 5) is 0. The molecule has 0 spiro atoms. The van der Waals surface area contributed by atoms with Gasteiger partial charge in [0.1, 0.15) is 29.4 Å². The van der Waals surface area contributed by atoms with Crippen LogP contribution in [-0.2, 0) is 22.6 Å². The maximum atomic E-state index is 13.5. The molecule has 0 aliphatic carbocycles. The predicted molar refractivity (Wildman–Crippen MR) is 129 cm³/mol. The van der Waals surface area contributed by atoms with E-state index in [9.17, 15) is 4.39 Å². The number of fused-ring (bicyclic) bond motifs is 1. The smallest absolute Gasteiger partial charge is 0.132 e. The maximum absolute atomic E-state index is 13.5. The van der Waals surface area contributed by atoms with Gasteiger partial charge in [-0.1, -0.05) is 42.5 Å². The number of hydrogen-bond donors (Lipinski definition) is 1. The van der Waals surface area contributed by atoms with E-state index in [0.717, 1.165) is 28.1 Å². The highest BCUT2D eigenvalue weighted by molar-refractivity contribution is 5.54. The largest absolute Gasteiger partial charge is 0.485 e. The fourth-order valence-corrected chi connectivity index (χ4v) is 4.18. The Labute approximate surface area is 195 Å². The molecule has 174 valence electrons. The Kier molecular flexibility index (Phi) is 7.01. The summed E-state index contributed by atoms with van der Waals surface area (Å²) in [6, 6.07) is 22.7. The molecule has 1 N–H and O–H groups in total. The average molecular weight is 450 g/mol. The first-order valence-corrected chi connectivity index (χ1v) is 11.4. The molecule has 3 aromatic rings. The first kappa shape index (κ1) is 23.3. The van der Waals surface area contributed by atoms with E-state index in [2.05, 4.69) is 23.5 Å². The summed E-state index contributed by atoms with van der Waals surface area (Å²) in [5.74, 6) is 0.556. The van der Waals surface area contributed by atoms with E-state index in [4.69, 9.17) is 14.2 Å². The first-order chi connectivity index (χ1) is 15.8. The molecule has 4 nitrogen and oxygen atoms in total. The number of hydrogen-bond acceptors (Lipinski definition) is 4. The van der Waals surface area contributed by atoms with Crippen LogP contribution in [0.5, 0.6) is 5.75 Å². The summed E-state index contributed by atoms with van der Waals surface area (Å²) < 4.78 is 32.7. The Morgan fingerprint density at radius 3 is 2.45 bits per heavy atom. The summed E-state index contributed by atoms with van der Waals surface area (Å²) in [6.45, 7) is 9.14. The van der Waals surface area contributed by atoms with Crippen molar-refractivity contribution in [2.75, 3.05) is 5.32 Å². The van der Waals surface area contributed by atoms with E-state index in [1.807, 2.05) is 64.1 Å². The summed E-state index contributed by atoms with van der Waals surface area (Å²) in [6.07, 6.45) is -0.571. The molecule has 0 fully saturated rings. The number of anilines is 1. The highest BCUT2D eigenvalue weighted by Crippen LogP contribution is 2.45. The molecular formula is C28H32FNO3. The molecule has 1 aliphatic rings. The molecule has 2 atom stereocenters. The van der Waals surface area contributed by atoms with Crippen molar-refractivity contribution in [2.24, 2.45) is 0 Å². The Morgan fingerprint density at radius 1 is 0.970 bits per heavy atom. The minimum Gasteiger partial charge on any atom is -0.485 e. The Bertz CT molecular complexity index is 1070. The molecule has 0 radical (unpaired) electrons. The molecule has 0 aromatic heterocycles. The van der Waals surface area contributed by atoms with Gasteiger partial charge >= 0.3 is 0 Å². The third-order valence-corrected chi connectivity index (χ3v) is 5.73. The van der Waals surface area contributed by atoms with Gasteiger partial charge in [0.2, 0.25) is 0 Å². The minimum absolute atomic E-state index is 0.0171. The first-order valence-electron chi connectivity index (χ1n) is 11.4. The van der Waals surface area contributed by atoms with Crippen LogP contribution in [0, 0.1) is 5.82 Å². The van der Waals surface area contributed by atoms with Crippen LogP contribution >= 0.6 is 0 Å². The minimum atomic E-state index is -0.572. The highest BCUT2D eigenvalue weighted by Gasteiger charge is 2.46. The van der Waals surface area contributed by atoms with Crippen molar-refractivity contribution in [1.82, 2.24) is 0 Å². The lowest BCUT2D eigenvalue weighted by molar-refractivity contribution is -0.177. The van der Waals surface area contributed by atoms with Gasteiger partial charge in [-0.15, -0.1) is 0 Å². The van der Waals surface area contributed by atoms with Crippen molar-refractivity contribution in [1.29, 1.82) is 0 Å². The second-order valence-electron chi connectivity index (χ2n) is 9.26. The van der Waals surface area contributed by atoms with Crippen molar-refractivity contribution in [3.8, 4) is 5.75 Å². The van der Waals surface area contributed by atoms with Crippen molar-refractivity contribution in [2.45, 2.75) is 64.8 Å². The van der Waals surface area contributed by atoms with Gasteiger partial charge in [-0.25, -0.2) is 4.39 Å². The van der Waals surface area contributed by atoms with Gasteiger partial charge < -0.3 is 19.5 Å². The van der Waals surface area contributed by atoms with E-state index in [1.165, 1.54) is 12.1 Å². The van der Waals surface area contributed by atoms with Gasteiger partial charge in [-0.3, -0.25) is 0 Å². The van der Waals surface area contributed by atoms with Crippen molar-refractivity contribution in [3.63, 3.8) is 0 Å². The zero-order valence-electron chi connectivity index (χ0n) is 19.7. The normalized spacial score (nSPS) is 19.1. The summed E-state index contributed by atoms with van der Waals surface area (Å²) in [5, 5.41) is 3.39. The number of benzene rings is 3. The van der Waals surface area contributed by atoms with Gasteiger partial charge in [0, 0.05) is 17.8 Å². The van der Waals surface area contributed by atoms with Gasteiger partial charge in [-0.2, -0.15) is 0 Å². The van der Waals surface area contributed by atoms with Crippen LogP contribution in [0.3, 0.4) is 0 Å². The lowest BCUT2D eigenvalue weighted by Gasteiger charge is -2.45. The molecule has 1 aliphatic heterocycles. The van der Waals surface area contributed by atoms with E-state index in [0.29, 0.717) is 13.2 Å². The molecule has 0 saturated carbocycles. The number of nitrogens with one attached hydrogen (secondary N) is 1. The summed E-state index contributed by atoms with van der Waals surface area (Å²) >= 11 is 0. The standard InChI is InChI=1S/C28H32FNO3/c1-19(2)32-26-24-16-23(30-17-21-11-8-12-22(29)15-21)13-14-25(24)33-28(3,4)27(26)31-18-20-9-6-5-7-10-20/h5-16,19,26-27,30H,17-18H2,1-4H3. The summed E-state index contributed by atoms with van der Waals surface area (Å²) in [7, 11) is 0. The fourth-order valence-electron chi connectivity index (χ4n) is 4.18. The molecular weight excluding hydrogens is 417 g/mol. The van der Waals surface area contributed by atoms with Crippen LogP contribution in [0.15, 0.2) is 72.8 Å². The monoisotopic (exact) mass is 449 g/mol. The van der Waals surface area contributed by atoms with Gasteiger partial charge in [-0.05, 0) is 69.2 Å². The molecule has 0 saturated heterocycles. The van der Waals surface area contributed by atoms with Crippen molar-refractivity contribution >= 4 is 5.69 Å². The van der Waals surface area contributed by atoms with Crippen LogP contribution in [0.2, 0.25) is 0 Å². The molecule has 0 bridgehead atoms. The van der Waals surface area contributed by atoms with Crippen molar-refractivity contribution < 1.29 is 18.6 Å². The zero-order chi connectivity index (χ0) is 23.4. The van der Waals surface area contributed by atoms with Gasteiger partial charge in [0.25, 0.3) is 0 Å². The molecule has 3 aromatic carbocycles. The van der Waals surface area contributed by atoms with Crippen LogP contribution < -0.4 is 10.1 Å². The Balaban J connectivity index is 1.59. The molecule has 5 heteroatoms. The lowest BCUT2D eigenvalue weighted by Crippen LogP contribution is -2.51. The quantitative estimate of drug-likeness (QED) is 0.417. The highest BCUT2D eigenvalue weighted by atomic mass is 19.1. The Morgan fingerprint density at radius 2 is 1.73 bits per heavy atom. The van der Waals surface area contributed by atoms with Crippen molar-refractivity contribution in [3.05, 3.63) is 95.3 Å². The molecule has 33 heavy (non-hydrogen) atoms. The fraction of sp³-hybridized carbons (Fsp3) is 0.357. The van der Waals surface area contributed by atoms with E-state index >= 15 is 0 Å². The van der Waals surface area contributed by atoms with E-state index in [1.54, 1.807) is 6.07 Å². The number of halogens is 1. The van der Waals surface area contributed by atoms with E-state index < -0.39 is 5.60 Å². The summed E-state index contributed by atoms with van der Waals surface area (Å²) in [5.41, 5.74) is 3.28. The van der Waals surface area contributed by atoms with Gasteiger partial charge in [0.05, 0.1) is 12.7 Å². The SMILES string of the molecule is CC(C)OC1c2cc(NCc3cccc(F)c3)ccc2OC(C)(C)C1OCc1ccccc1. The third kappa shape index (κ3) is 5.73. The van der Waals surface area contributed by atoms with Crippen LogP contribution in [0.1, 0.15) is 50.5 Å². The third-order valence-electron chi connectivity index (χ3n) is 5.73. The van der Waals surface area contributed by atoms with Crippen LogP contribution in [0.4, 0.5) is 10.1 Å². The number of ether oxygens (including phenoxy) is 3. The predicted octanol–water partition coefficient (Wildman–Crippen LogP) is 6.66. The molecule has 0 amide bonds. The second-order valence-corrected chi connectivity index (χ2v) is 9.26. The van der Waals surface area contributed by atoms with E-state index in [-0.39, 0.29) is 24.1 Å². The maximum Gasteiger partial charge on any atom is 0.132 e. The molecule has 2 unspecified atom stereocenters. The average Bonchev–Trinajstić information content (AvgIpc) is 2.77. The molecule has 1 heterocycles. The van der Waals surface area contributed by atoms with Crippen LogP contribution in [-0.4, -0.2) is 17.8 Å². The second kappa shape index (κ2) is 9.94. The van der Waals surface area contributed by atoms with Crippen LogP contribution in [0.25, 0.3) is 0 Å².